The highest BCUT2D eigenvalue weighted by atomic mass is 79.9. The van der Waals surface area contributed by atoms with E-state index in [4.69, 9.17) is 4.74 Å². The van der Waals surface area contributed by atoms with Gasteiger partial charge in [0.25, 0.3) is 0 Å². The normalized spacial score (nSPS) is 13.9. The van der Waals surface area contributed by atoms with E-state index in [1.54, 1.807) is 24.9 Å². The van der Waals surface area contributed by atoms with Crippen LogP contribution in [0.3, 0.4) is 0 Å². The summed E-state index contributed by atoms with van der Waals surface area (Å²) in [6.07, 6.45) is 5.31. The number of nitrogens with zero attached hydrogens (tertiary/aromatic N) is 6. The molecule has 3 heterocycles. The molecule has 196 valence electrons. The molecule has 1 saturated carbocycles. The highest BCUT2D eigenvalue weighted by Gasteiger charge is 2.28. The average molecular weight is 583 g/mol. The lowest BCUT2D eigenvalue weighted by atomic mass is 9.96. The standard InChI is InChI=1S/C26H24BrFN6O4/c1-14(38-23-9-16(27)12-29-26(23)34(36)37)20-10-17(28)6-7-19(20)24-21(13-32(2)31-24)25(35)22-11-18(33(3)30-22)8-15-4-5-15/h6-7,9-15H,4-5,8H2,1-3H3/t14-/m1/s1. The zero-order valence-electron chi connectivity index (χ0n) is 20.9. The third-order valence-corrected chi connectivity index (χ3v) is 6.89. The molecule has 1 atom stereocenters. The molecule has 0 spiro atoms. The van der Waals surface area contributed by atoms with Crippen molar-refractivity contribution in [1.82, 2.24) is 24.5 Å². The minimum atomic E-state index is -0.847. The van der Waals surface area contributed by atoms with Crippen LogP contribution < -0.4 is 4.74 Å². The molecule has 0 saturated heterocycles. The highest BCUT2D eigenvalue weighted by Crippen LogP contribution is 2.37. The Hall–Kier alpha value is -3.93. The number of aryl methyl sites for hydroxylation is 2. The fraction of sp³-hybridized carbons (Fsp3) is 0.308. The number of halogens is 2. The summed E-state index contributed by atoms with van der Waals surface area (Å²) in [7, 11) is 3.52. The minimum absolute atomic E-state index is 0.0823. The van der Waals surface area contributed by atoms with Crippen LogP contribution in [0.5, 0.6) is 5.75 Å². The maximum absolute atomic E-state index is 14.4. The van der Waals surface area contributed by atoms with Gasteiger partial charge < -0.3 is 14.9 Å². The first kappa shape index (κ1) is 25.7. The second-order valence-corrected chi connectivity index (χ2v) is 10.3. The van der Waals surface area contributed by atoms with E-state index in [1.165, 1.54) is 48.0 Å². The molecule has 1 aliphatic carbocycles. The number of ketones is 1. The molecule has 0 radical (unpaired) electrons. The molecule has 0 bridgehead atoms. The van der Waals surface area contributed by atoms with Gasteiger partial charge in [-0.1, -0.05) is 0 Å². The van der Waals surface area contributed by atoms with Crippen molar-refractivity contribution in [2.75, 3.05) is 0 Å². The third kappa shape index (κ3) is 5.21. The van der Waals surface area contributed by atoms with E-state index >= 15 is 0 Å². The van der Waals surface area contributed by atoms with E-state index in [2.05, 4.69) is 31.1 Å². The number of hydrogen-bond donors (Lipinski definition) is 0. The molecule has 0 aliphatic heterocycles. The Morgan fingerprint density at radius 2 is 2.03 bits per heavy atom. The van der Waals surface area contributed by atoms with E-state index < -0.39 is 22.7 Å². The molecule has 38 heavy (non-hydrogen) atoms. The molecule has 5 rings (SSSR count). The maximum Gasteiger partial charge on any atom is 0.406 e. The number of aromatic nitrogens is 5. The molecule has 0 unspecified atom stereocenters. The van der Waals surface area contributed by atoms with Gasteiger partial charge in [0.15, 0.2) is 6.20 Å². The predicted molar refractivity (Wildman–Crippen MR) is 139 cm³/mol. The van der Waals surface area contributed by atoms with Gasteiger partial charge in [-0.2, -0.15) is 10.2 Å². The van der Waals surface area contributed by atoms with Crippen LogP contribution in [0.15, 0.2) is 47.2 Å². The van der Waals surface area contributed by atoms with Gasteiger partial charge in [0.1, 0.15) is 23.3 Å². The van der Waals surface area contributed by atoms with Crippen LogP contribution in [0.4, 0.5) is 10.2 Å². The number of benzene rings is 1. The Labute approximate surface area is 225 Å². The fourth-order valence-corrected chi connectivity index (χ4v) is 4.70. The first-order chi connectivity index (χ1) is 18.1. The Balaban J connectivity index is 1.52. The van der Waals surface area contributed by atoms with Crippen LogP contribution in [0, 0.1) is 21.8 Å². The Morgan fingerprint density at radius 1 is 1.26 bits per heavy atom. The highest BCUT2D eigenvalue weighted by molar-refractivity contribution is 9.10. The molecular formula is C26H24BrFN6O4. The zero-order chi connectivity index (χ0) is 27.1. The van der Waals surface area contributed by atoms with E-state index in [0.717, 1.165) is 12.1 Å². The van der Waals surface area contributed by atoms with Crippen molar-refractivity contribution in [3.63, 3.8) is 0 Å². The smallest absolute Gasteiger partial charge is 0.406 e. The van der Waals surface area contributed by atoms with Gasteiger partial charge in [0.05, 0.1) is 10.0 Å². The number of nitro groups is 1. The molecule has 1 aromatic carbocycles. The van der Waals surface area contributed by atoms with Crippen LogP contribution in [0.1, 0.15) is 53.2 Å². The van der Waals surface area contributed by atoms with Crippen LogP contribution >= 0.6 is 15.9 Å². The van der Waals surface area contributed by atoms with Gasteiger partial charge in [-0.3, -0.25) is 14.2 Å². The summed E-state index contributed by atoms with van der Waals surface area (Å²) >= 11 is 3.24. The second kappa shape index (κ2) is 10.1. The van der Waals surface area contributed by atoms with Gasteiger partial charge >= 0.3 is 5.82 Å². The molecule has 0 amide bonds. The van der Waals surface area contributed by atoms with E-state index in [1.807, 2.05) is 13.1 Å². The maximum atomic E-state index is 14.4. The summed E-state index contributed by atoms with van der Waals surface area (Å²) in [4.78, 5) is 28.2. The van der Waals surface area contributed by atoms with E-state index in [9.17, 15) is 19.3 Å². The van der Waals surface area contributed by atoms with Crippen molar-refractivity contribution in [3.8, 4) is 17.0 Å². The van der Waals surface area contributed by atoms with Crippen molar-refractivity contribution in [2.45, 2.75) is 32.3 Å². The first-order valence-corrected chi connectivity index (χ1v) is 12.8. The molecule has 4 aromatic rings. The number of rotatable bonds is 9. The lowest BCUT2D eigenvalue weighted by molar-refractivity contribution is -0.390. The van der Waals surface area contributed by atoms with Gasteiger partial charge in [-0.05, 0) is 82.2 Å². The molecular weight excluding hydrogens is 559 g/mol. The number of carbonyl (C=O) groups excluding carboxylic acids is 1. The van der Waals surface area contributed by atoms with E-state index in [-0.39, 0.29) is 11.5 Å². The van der Waals surface area contributed by atoms with E-state index in [0.29, 0.717) is 38.5 Å². The Morgan fingerprint density at radius 3 is 2.74 bits per heavy atom. The van der Waals surface area contributed by atoms with Crippen molar-refractivity contribution in [1.29, 1.82) is 0 Å². The first-order valence-electron chi connectivity index (χ1n) is 12.0. The van der Waals surface area contributed by atoms with Gasteiger partial charge in [0, 0.05) is 43.2 Å². The largest absolute Gasteiger partial charge is 0.478 e. The minimum Gasteiger partial charge on any atom is -0.478 e. The molecule has 1 aliphatic rings. The van der Waals surface area contributed by atoms with Gasteiger partial charge in [-0.25, -0.2) is 4.39 Å². The summed E-state index contributed by atoms with van der Waals surface area (Å²) in [6.45, 7) is 1.64. The molecule has 1 fully saturated rings. The Bertz CT molecular complexity index is 1560. The third-order valence-electron chi connectivity index (χ3n) is 6.46. The number of ether oxygens (including phenoxy) is 1. The lowest BCUT2D eigenvalue weighted by Gasteiger charge is -2.18. The summed E-state index contributed by atoms with van der Waals surface area (Å²) in [5.41, 5.74) is 2.76. The summed E-state index contributed by atoms with van der Waals surface area (Å²) in [6, 6.07) is 7.31. The summed E-state index contributed by atoms with van der Waals surface area (Å²) < 4.78 is 24.1. The zero-order valence-corrected chi connectivity index (χ0v) is 22.5. The summed E-state index contributed by atoms with van der Waals surface area (Å²) in [5.74, 6) is -0.743. The van der Waals surface area contributed by atoms with Gasteiger partial charge in [0.2, 0.25) is 11.5 Å². The van der Waals surface area contributed by atoms with Crippen molar-refractivity contribution in [3.05, 3.63) is 85.6 Å². The van der Waals surface area contributed by atoms with Crippen LogP contribution in [-0.4, -0.2) is 35.3 Å². The van der Waals surface area contributed by atoms with Crippen molar-refractivity contribution < 1.29 is 18.8 Å². The number of hydrogen-bond acceptors (Lipinski definition) is 7. The SMILES string of the molecule is C[C@@H](Oc1cc(Br)cnc1[N+](=O)[O-])c1cc(F)ccc1-c1nn(C)cc1C(=O)c1cc(CC2CC2)n(C)n1. The Kier molecular flexibility index (Phi) is 6.82. The van der Waals surface area contributed by atoms with Crippen LogP contribution in [0.25, 0.3) is 11.3 Å². The number of pyridine rings is 1. The monoisotopic (exact) mass is 582 g/mol. The van der Waals surface area contributed by atoms with Crippen LogP contribution in [0.2, 0.25) is 0 Å². The molecule has 3 aromatic heterocycles. The molecule has 10 nitrogen and oxygen atoms in total. The molecule has 0 N–H and O–H groups in total. The average Bonchev–Trinajstić information content (AvgIpc) is 3.49. The quantitative estimate of drug-likeness (QED) is 0.148. The van der Waals surface area contributed by atoms with Crippen molar-refractivity contribution in [2.24, 2.45) is 20.0 Å². The summed E-state index contributed by atoms with van der Waals surface area (Å²) in [5, 5.41) is 20.4. The van der Waals surface area contributed by atoms with Crippen molar-refractivity contribution >= 4 is 27.5 Å². The fourth-order valence-electron chi connectivity index (χ4n) is 4.39. The number of carbonyl (C=O) groups is 1. The predicted octanol–water partition coefficient (Wildman–Crippen LogP) is 5.35. The topological polar surface area (TPSA) is 118 Å². The lowest BCUT2D eigenvalue weighted by Crippen LogP contribution is -2.09. The van der Waals surface area contributed by atoms with Crippen LogP contribution in [-0.2, 0) is 20.5 Å². The van der Waals surface area contributed by atoms with Gasteiger partial charge in [-0.15, -0.1) is 0 Å². The second-order valence-electron chi connectivity index (χ2n) is 9.41. The molecule has 12 heteroatoms.